The topological polar surface area (TPSA) is 84.8 Å². The number of ether oxygens (including phenoxy) is 2. The van der Waals surface area contributed by atoms with Gasteiger partial charge in [0.15, 0.2) is 0 Å². The average Bonchev–Trinajstić information content (AvgIpc) is 2.99. The molecule has 1 saturated heterocycles. The van der Waals surface area contributed by atoms with Gasteiger partial charge in [-0.2, -0.15) is 18.3 Å². The van der Waals surface area contributed by atoms with Gasteiger partial charge in [0.25, 0.3) is 0 Å². The van der Waals surface area contributed by atoms with Gasteiger partial charge in [0.05, 0.1) is 24.1 Å². The summed E-state index contributed by atoms with van der Waals surface area (Å²) in [5.74, 6) is 0.0271. The molecule has 1 aromatic carbocycles. The number of aliphatic hydroxyl groups is 1. The number of carbonyl (C=O) groups is 1. The second-order valence-corrected chi connectivity index (χ2v) is 10.6. The van der Waals surface area contributed by atoms with Crippen molar-refractivity contribution in [1.29, 1.82) is 0 Å². The molecule has 0 aliphatic carbocycles. The van der Waals surface area contributed by atoms with E-state index in [0.29, 0.717) is 35.5 Å². The highest BCUT2D eigenvalue weighted by molar-refractivity contribution is 5.70. The number of alkyl halides is 3. The summed E-state index contributed by atoms with van der Waals surface area (Å²) in [6, 6.07) is 4.88. The lowest BCUT2D eigenvalue weighted by molar-refractivity contribution is -0.137. The van der Waals surface area contributed by atoms with E-state index in [1.54, 1.807) is 17.9 Å². The maximum atomic E-state index is 13.1. The van der Waals surface area contributed by atoms with Gasteiger partial charge in [-0.1, -0.05) is 13.3 Å². The highest BCUT2D eigenvalue weighted by atomic mass is 19.4. The first-order valence-electron chi connectivity index (χ1n) is 11.9. The largest absolute Gasteiger partial charge is 0.496 e. The molecule has 10 heteroatoms. The molecule has 198 valence electrons. The van der Waals surface area contributed by atoms with Crippen LogP contribution in [0.1, 0.15) is 69.9 Å². The van der Waals surface area contributed by atoms with Crippen molar-refractivity contribution < 1.29 is 32.5 Å². The van der Waals surface area contributed by atoms with Gasteiger partial charge in [-0.25, -0.2) is 4.79 Å². The van der Waals surface area contributed by atoms with E-state index in [4.69, 9.17) is 9.47 Å². The van der Waals surface area contributed by atoms with Gasteiger partial charge in [0.1, 0.15) is 17.5 Å². The lowest BCUT2D eigenvalue weighted by Gasteiger charge is -2.37. The Kier molecular flexibility index (Phi) is 7.88. The molecule has 1 N–H and O–H groups in total. The van der Waals surface area contributed by atoms with E-state index in [2.05, 4.69) is 10.2 Å². The van der Waals surface area contributed by atoms with Crippen LogP contribution < -0.4 is 4.74 Å². The van der Waals surface area contributed by atoms with E-state index in [-0.39, 0.29) is 12.3 Å². The molecule has 3 rings (SSSR count). The Balaban J connectivity index is 1.89. The second kappa shape index (κ2) is 10.2. The summed E-state index contributed by atoms with van der Waals surface area (Å²) >= 11 is 0. The van der Waals surface area contributed by atoms with Gasteiger partial charge in [0, 0.05) is 24.1 Å². The van der Waals surface area contributed by atoms with E-state index < -0.39 is 35.0 Å². The molecule has 1 aliphatic heterocycles. The van der Waals surface area contributed by atoms with Crippen molar-refractivity contribution >= 4 is 6.09 Å². The van der Waals surface area contributed by atoms with Crippen LogP contribution in [0.15, 0.2) is 24.3 Å². The molecule has 36 heavy (non-hydrogen) atoms. The van der Waals surface area contributed by atoms with Crippen LogP contribution in [0.3, 0.4) is 0 Å². The van der Waals surface area contributed by atoms with Gasteiger partial charge in [-0.15, -0.1) is 5.10 Å². The highest BCUT2D eigenvalue weighted by Crippen LogP contribution is 2.42. The molecule has 0 spiro atoms. The van der Waals surface area contributed by atoms with Crippen molar-refractivity contribution in [2.75, 3.05) is 20.2 Å². The number of hydrogen-bond acceptors (Lipinski definition) is 6. The summed E-state index contributed by atoms with van der Waals surface area (Å²) in [6.45, 7) is 9.91. The minimum Gasteiger partial charge on any atom is -0.496 e. The van der Waals surface area contributed by atoms with Crippen molar-refractivity contribution in [2.24, 2.45) is 5.41 Å². The molecule has 2 heterocycles. The zero-order valence-corrected chi connectivity index (χ0v) is 21.6. The molecular formula is C26H34F3N3O4. The van der Waals surface area contributed by atoms with E-state index in [0.717, 1.165) is 25.0 Å². The quantitative estimate of drug-likeness (QED) is 0.549. The first-order chi connectivity index (χ1) is 16.6. The third-order valence-corrected chi connectivity index (χ3v) is 6.36. The minimum absolute atomic E-state index is 0.0271. The fourth-order valence-corrected chi connectivity index (χ4v) is 4.46. The first kappa shape index (κ1) is 27.7. The van der Waals surface area contributed by atoms with Crippen molar-refractivity contribution in [3.63, 3.8) is 0 Å². The van der Waals surface area contributed by atoms with Crippen LogP contribution in [-0.4, -0.2) is 52.1 Å². The Morgan fingerprint density at radius 1 is 1.17 bits per heavy atom. The molecule has 0 unspecified atom stereocenters. The normalized spacial score (nSPS) is 20.0. The zero-order valence-electron chi connectivity index (χ0n) is 21.6. The number of benzene rings is 1. The number of aryl methyl sites for hydroxylation is 1. The third kappa shape index (κ3) is 6.27. The number of rotatable bonds is 4. The molecule has 1 aliphatic rings. The van der Waals surface area contributed by atoms with Crippen molar-refractivity contribution in [3.8, 4) is 17.0 Å². The Morgan fingerprint density at radius 2 is 1.86 bits per heavy atom. The van der Waals surface area contributed by atoms with E-state index in [1.807, 2.05) is 27.7 Å². The molecular weight excluding hydrogens is 475 g/mol. The van der Waals surface area contributed by atoms with Crippen molar-refractivity contribution in [3.05, 3.63) is 41.1 Å². The molecule has 1 amide bonds. The third-order valence-electron chi connectivity index (χ3n) is 6.36. The van der Waals surface area contributed by atoms with Gasteiger partial charge >= 0.3 is 12.3 Å². The summed E-state index contributed by atoms with van der Waals surface area (Å²) in [6.07, 6.45) is -3.66. The molecule has 1 aromatic heterocycles. The predicted octanol–water partition coefficient (Wildman–Crippen LogP) is 5.94. The highest BCUT2D eigenvalue weighted by Gasteiger charge is 2.40. The Labute approximate surface area is 209 Å². The second-order valence-electron chi connectivity index (χ2n) is 10.6. The number of halogens is 3. The van der Waals surface area contributed by atoms with Crippen LogP contribution in [0.5, 0.6) is 5.75 Å². The Morgan fingerprint density at radius 3 is 2.44 bits per heavy atom. The number of aliphatic hydroxyl groups excluding tert-OH is 1. The van der Waals surface area contributed by atoms with Gasteiger partial charge in [0.2, 0.25) is 0 Å². The van der Waals surface area contributed by atoms with E-state index in [1.165, 1.54) is 13.2 Å². The van der Waals surface area contributed by atoms with Crippen LogP contribution in [-0.2, 0) is 10.9 Å². The molecule has 2 atom stereocenters. The predicted molar refractivity (Wildman–Crippen MR) is 128 cm³/mol. The molecule has 0 radical (unpaired) electrons. The molecule has 0 bridgehead atoms. The van der Waals surface area contributed by atoms with Gasteiger partial charge < -0.3 is 19.5 Å². The number of aromatic nitrogens is 2. The van der Waals surface area contributed by atoms with Crippen LogP contribution in [0, 0.1) is 12.3 Å². The molecule has 7 nitrogen and oxygen atoms in total. The standard InChI is InChI=1S/C26H34F3N3O4/c1-16-13-19(30-31-21(16)18-10-9-17(26(27,28)29)14-20(18)35-6)22(33)25(5)11-7-8-12-32(15-25)23(34)36-24(2,3)4/h9-10,13-14,22,33H,7-8,11-12,15H2,1-6H3/t22-,25-/m1/s1. The van der Waals surface area contributed by atoms with Gasteiger partial charge in [-0.05, 0) is 70.4 Å². The molecule has 2 aromatic rings. The fraction of sp³-hybridized carbons (Fsp3) is 0.577. The number of amides is 1. The monoisotopic (exact) mass is 509 g/mol. The maximum Gasteiger partial charge on any atom is 0.416 e. The molecule has 1 fully saturated rings. The van der Waals surface area contributed by atoms with Crippen molar-refractivity contribution in [1.82, 2.24) is 15.1 Å². The van der Waals surface area contributed by atoms with E-state index >= 15 is 0 Å². The summed E-state index contributed by atoms with van der Waals surface area (Å²) in [5.41, 5.74) is -0.463. The zero-order chi connectivity index (χ0) is 26.9. The summed E-state index contributed by atoms with van der Waals surface area (Å²) in [7, 11) is 1.29. The maximum absolute atomic E-state index is 13.1. The SMILES string of the molecule is COc1cc(C(F)(F)F)ccc1-c1nnc([C@@H](O)[C@]2(C)CCCCN(C(=O)OC(C)(C)C)C2)cc1C. The lowest BCUT2D eigenvalue weighted by Crippen LogP contribution is -2.44. The summed E-state index contributed by atoms with van der Waals surface area (Å²) in [5, 5.41) is 19.8. The van der Waals surface area contributed by atoms with Crippen molar-refractivity contribution in [2.45, 2.75) is 71.8 Å². The fourth-order valence-electron chi connectivity index (χ4n) is 4.46. The first-order valence-corrected chi connectivity index (χ1v) is 11.9. The van der Waals surface area contributed by atoms with Crippen LogP contribution in [0.2, 0.25) is 0 Å². The number of carbonyl (C=O) groups excluding carboxylic acids is 1. The average molecular weight is 510 g/mol. The Bertz CT molecular complexity index is 1100. The van der Waals surface area contributed by atoms with E-state index in [9.17, 15) is 23.1 Å². The number of methoxy groups -OCH3 is 1. The van der Waals surface area contributed by atoms with Crippen LogP contribution in [0.4, 0.5) is 18.0 Å². The summed E-state index contributed by atoms with van der Waals surface area (Å²) < 4.78 is 50.1. The lowest BCUT2D eigenvalue weighted by atomic mass is 9.78. The number of hydrogen-bond donors (Lipinski definition) is 1. The van der Waals surface area contributed by atoms with Crippen LogP contribution in [0.25, 0.3) is 11.3 Å². The number of likely N-dealkylation sites (tertiary alicyclic amines) is 1. The molecule has 0 saturated carbocycles. The Hall–Kier alpha value is -2.88. The summed E-state index contributed by atoms with van der Waals surface area (Å²) in [4.78, 5) is 14.4. The van der Waals surface area contributed by atoms with Crippen LogP contribution >= 0.6 is 0 Å². The van der Waals surface area contributed by atoms with Gasteiger partial charge in [-0.3, -0.25) is 0 Å². The smallest absolute Gasteiger partial charge is 0.416 e. The number of nitrogens with zero attached hydrogens (tertiary/aromatic N) is 3. The minimum atomic E-state index is -4.50.